The van der Waals surface area contributed by atoms with Gasteiger partial charge in [-0.05, 0) is 11.1 Å². The fraction of sp³-hybridized carbons (Fsp3) is 0.562. The highest BCUT2D eigenvalue weighted by Gasteiger charge is 2.21. The Morgan fingerprint density at radius 2 is 0.519 bits per heavy atom. The fourth-order valence-electron chi connectivity index (χ4n) is 5.40. The monoisotopic (exact) mass is 772 g/mol. The van der Waals surface area contributed by atoms with Gasteiger partial charge in [-0.2, -0.15) is 0 Å². The zero-order valence-corrected chi connectivity index (χ0v) is 29.6. The van der Waals surface area contributed by atoms with E-state index in [-0.39, 0.29) is 65.4 Å². The van der Waals surface area contributed by atoms with Crippen molar-refractivity contribution in [3.05, 3.63) is 35.4 Å². The predicted molar refractivity (Wildman–Crippen MR) is 184 cm³/mol. The molecule has 1 aromatic rings. The minimum absolute atomic E-state index is 0.0176. The molecule has 1 aromatic carbocycles. The normalized spacial score (nSPS) is 11.5. The molecule has 0 saturated carbocycles. The first-order valence-electron chi connectivity index (χ1n) is 16.5. The number of carboxylic acids is 8. The number of hydrogen-bond donors (Lipinski definition) is 8. The topological polar surface area (TPSA) is 318 Å². The van der Waals surface area contributed by atoms with Crippen molar-refractivity contribution < 1.29 is 79.2 Å². The van der Waals surface area contributed by atoms with Gasteiger partial charge in [0.1, 0.15) is 0 Å². The Balaban J connectivity index is 3.35. The van der Waals surface area contributed by atoms with Crippen LogP contribution >= 0.6 is 0 Å². The van der Waals surface area contributed by atoms with Gasteiger partial charge in [-0.25, -0.2) is 0 Å². The zero-order valence-electron chi connectivity index (χ0n) is 29.6. The third-order valence-corrected chi connectivity index (χ3v) is 7.60. The van der Waals surface area contributed by atoms with Crippen LogP contribution in [-0.4, -0.2) is 223 Å². The molecule has 0 radical (unpaired) electrons. The summed E-state index contributed by atoms with van der Waals surface area (Å²) in [4.78, 5) is 99.1. The van der Waals surface area contributed by atoms with Crippen molar-refractivity contribution in [1.29, 1.82) is 0 Å². The molecule has 302 valence electrons. The highest BCUT2D eigenvalue weighted by atomic mass is 16.4. The molecule has 0 atom stereocenters. The number of carboxylic acid groups (broad SMARTS) is 8. The summed E-state index contributed by atoms with van der Waals surface area (Å²) in [5.74, 6) is -10.0. The molecule has 0 fully saturated rings. The van der Waals surface area contributed by atoms with Gasteiger partial charge >= 0.3 is 47.8 Å². The van der Waals surface area contributed by atoms with Crippen molar-refractivity contribution in [3.8, 4) is 0 Å². The second kappa shape index (κ2) is 24.9. The third-order valence-electron chi connectivity index (χ3n) is 7.60. The number of aliphatic carboxylic acids is 8. The Morgan fingerprint density at radius 1 is 0.333 bits per heavy atom. The quantitative estimate of drug-likeness (QED) is 0.0366. The standard InChI is InChI=1S/C32H48N6O16/c39-25(40)15-35(16-26(41)42)8-4-33(5-9-36(17-27(43)44)18-28(45)46)13-23-2-1-3-24(12-23)14-34(6-10-37(19-29(47)48)20-30(49)50)7-11-38(21-31(51)52)22-32(53)54/h1-3,12H,4-11,13-22H2,(H,39,40)(H,41,42)(H,43,44)(H,45,46)(H,47,48)(H,49,50)(H,51,52)(H,53,54). The van der Waals surface area contributed by atoms with Crippen molar-refractivity contribution in [3.63, 3.8) is 0 Å². The van der Waals surface area contributed by atoms with Crippen molar-refractivity contribution in [2.45, 2.75) is 13.1 Å². The van der Waals surface area contributed by atoms with Crippen molar-refractivity contribution in [2.24, 2.45) is 0 Å². The predicted octanol–water partition coefficient (Wildman–Crippen LogP) is -2.82. The molecule has 0 spiro atoms. The summed E-state index contributed by atoms with van der Waals surface area (Å²) in [5, 5.41) is 74.0. The van der Waals surface area contributed by atoms with Gasteiger partial charge in [0, 0.05) is 65.4 Å². The van der Waals surface area contributed by atoms with E-state index < -0.39 is 100 Å². The molecule has 0 bridgehead atoms. The molecule has 8 N–H and O–H groups in total. The highest BCUT2D eigenvalue weighted by Crippen LogP contribution is 2.13. The van der Waals surface area contributed by atoms with Crippen molar-refractivity contribution >= 4 is 47.8 Å². The van der Waals surface area contributed by atoms with E-state index in [4.69, 9.17) is 0 Å². The molecule has 0 aliphatic carbocycles. The molecule has 0 unspecified atom stereocenters. The summed E-state index contributed by atoms with van der Waals surface area (Å²) in [5.41, 5.74) is 1.38. The Morgan fingerprint density at radius 3 is 0.704 bits per heavy atom. The average molecular weight is 773 g/mol. The van der Waals surface area contributed by atoms with Crippen LogP contribution in [-0.2, 0) is 51.4 Å². The average Bonchev–Trinajstić information content (AvgIpc) is 3.01. The Kier molecular flexibility index (Phi) is 21.5. The molecule has 1 rings (SSSR count). The van der Waals surface area contributed by atoms with E-state index in [9.17, 15) is 79.2 Å². The number of nitrogens with zero attached hydrogens (tertiary/aromatic N) is 6. The van der Waals surface area contributed by atoms with Crippen molar-refractivity contribution in [2.75, 3.05) is 105 Å². The molecule has 54 heavy (non-hydrogen) atoms. The summed E-state index contributed by atoms with van der Waals surface area (Å²) in [6.45, 7) is -3.83. The Bertz CT molecular complexity index is 1200. The summed E-state index contributed by atoms with van der Waals surface area (Å²) in [6.07, 6.45) is 0. The van der Waals surface area contributed by atoms with Gasteiger partial charge in [0.05, 0.1) is 52.4 Å². The van der Waals surface area contributed by atoms with Gasteiger partial charge in [-0.15, -0.1) is 0 Å². The lowest BCUT2D eigenvalue weighted by Gasteiger charge is -2.29. The maximum absolute atomic E-state index is 11.3. The van der Waals surface area contributed by atoms with Gasteiger partial charge in [0.2, 0.25) is 0 Å². The second-order valence-electron chi connectivity index (χ2n) is 12.4. The largest absolute Gasteiger partial charge is 0.480 e. The molecular weight excluding hydrogens is 724 g/mol. The molecule has 0 aliphatic rings. The fourth-order valence-corrected chi connectivity index (χ4v) is 5.40. The minimum atomic E-state index is -1.25. The smallest absolute Gasteiger partial charge is 0.317 e. The van der Waals surface area contributed by atoms with Gasteiger partial charge in [-0.3, -0.25) is 67.8 Å². The van der Waals surface area contributed by atoms with E-state index >= 15 is 0 Å². The molecule has 22 heteroatoms. The van der Waals surface area contributed by atoms with E-state index in [0.717, 1.165) is 0 Å². The maximum Gasteiger partial charge on any atom is 0.317 e. The molecule has 0 amide bonds. The Labute approximate surface area is 309 Å². The highest BCUT2D eigenvalue weighted by molar-refractivity contribution is 5.74. The van der Waals surface area contributed by atoms with Crippen LogP contribution in [0.5, 0.6) is 0 Å². The van der Waals surface area contributed by atoms with Crippen LogP contribution in [0.4, 0.5) is 0 Å². The van der Waals surface area contributed by atoms with Crippen LogP contribution in [0.2, 0.25) is 0 Å². The SMILES string of the molecule is O=C(O)CN(CCN(CCN(CC(=O)O)CC(=O)O)Cc1cccc(CN(CCN(CC(=O)O)CC(=O)O)CCN(CC(=O)O)CC(=O)O)c1)CC(=O)O. The summed E-state index contributed by atoms with van der Waals surface area (Å²) >= 11 is 0. The van der Waals surface area contributed by atoms with Crippen LogP contribution in [0.15, 0.2) is 24.3 Å². The molecular formula is C32H48N6O16. The number of carbonyl (C=O) groups is 8. The van der Waals surface area contributed by atoms with Crippen LogP contribution in [0.1, 0.15) is 11.1 Å². The van der Waals surface area contributed by atoms with E-state index in [1.54, 1.807) is 34.1 Å². The summed E-state index contributed by atoms with van der Waals surface area (Å²) < 4.78 is 0. The summed E-state index contributed by atoms with van der Waals surface area (Å²) in [7, 11) is 0. The van der Waals surface area contributed by atoms with Crippen molar-refractivity contribution in [1.82, 2.24) is 29.4 Å². The van der Waals surface area contributed by atoms with E-state index in [0.29, 0.717) is 11.1 Å². The van der Waals surface area contributed by atoms with Gasteiger partial charge in [-0.1, -0.05) is 24.3 Å². The molecule has 22 nitrogen and oxygen atoms in total. The lowest BCUT2D eigenvalue weighted by atomic mass is 10.1. The first-order chi connectivity index (χ1) is 25.3. The zero-order chi connectivity index (χ0) is 40.8. The van der Waals surface area contributed by atoms with Crippen LogP contribution < -0.4 is 0 Å². The molecule has 0 aromatic heterocycles. The van der Waals surface area contributed by atoms with E-state index in [1.807, 2.05) is 0 Å². The van der Waals surface area contributed by atoms with E-state index in [1.165, 1.54) is 19.6 Å². The first kappa shape index (κ1) is 46.8. The molecule has 0 aliphatic heterocycles. The Hall–Kier alpha value is -5.26. The third kappa shape index (κ3) is 23.3. The first-order valence-corrected chi connectivity index (χ1v) is 16.5. The number of rotatable bonds is 32. The lowest BCUT2D eigenvalue weighted by Crippen LogP contribution is -2.44. The van der Waals surface area contributed by atoms with Gasteiger partial charge in [0.15, 0.2) is 0 Å². The number of hydrogen-bond acceptors (Lipinski definition) is 14. The maximum atomic E-state index is 11.3. The minimum Gasteiger partial charge on any atom is -0.480 e. The number of benzene rings is 1. The van der Waals surface area contributed by atoms with Gasteiger partial charge in [0.25, 0.3) is 0 Å². The van der Waals surface area contributed by atoms with Gasteiger partial charge < -0.3 is 40.9 Å². The lowest BCUT2D eigenvalue weighted by molar-refractivity contribution is -0.144. The van der Waals surface area contributed by atoms with Crippen LogP contribution in [0.3, 0.4) is 0 Å². The summed E-state index contributed by atoms with van der Waals surface area (Å²) in [6, 6.07) is 7.01. The molecule has 0 heterocycles. The van der Waals surface area contributed by atoms with Crippen LogP contribution in [0.25, 0.3) is 0 Å². The van der Waals surface area contributed by atoms with Crippen LogP contribution in [0, 0.1) is 0 Å². The van der Waals surface area contributed by atoms with E-state index in [2.05, 4.69) is 0 Å². The second-order valence-corrected chi connectivity index (χ2v) is 12.4. The molecule has 0 saturated heterocycles.